The van der Waals surface area contributed by atoms with Crippen molar-refractivity contribution in [3.8, 4) is 132 Å². The molecule has 3 saturated carbocycles. The Morgan fingerprint density at radius 2 is 0.568 bits per heavy atom. The molecule has 4 amide bonds. The summed E-state index contributed by atoms with van der Waals surface area (Å²) in [5.74, 6) is 2.81. The molecule has 0 atom stereocenters. The fourth-order valence-electron chi connectivity index (χ4n) is 18.4. The van der Waals surface area contributed by atoms with Gasteiger partial charge >= 0.3 is 0 Å². The van der Waals surface area contributed by atoms with Crippen LogP contribution in [0.2, 0.25) is 0 Å². The fourth-order valence-corrected chi connectivity index (χ4v) is 21.4. The number of imidazole rings is 4. The second-order valence-corrected chi connectivity index (χ2v) is 40.4. The number of nitrogens with zero attached hydrogens (tertiary/aromatic N) is 16. The lowest BCUT2D eigenvalue weighted by Gasteiger charge is -2.24. The standard InChI is InChI=1S/C28H22FN7OS.C27H20FN7OS.C27H22FN7OS.C26H18FN7OS/c29-24-8-7-23(38-24)20-13-31-14-22-25(20)34-27(33-22)26-19-10-16(5-6-21(19)35-36-26)17-9-18(12-30-11-17)32-28(37)15-3-1-2-4-15;28-23-7-6-22(37-23)19-12-30-13-21-24(19)33-26(32-21)25-18-9-15(4-5-20(18)34-35-25)16-8-17(11-29-10-16)31-27(36)14-2-1-3-14;1-2-3-4-24(36)31-17-9-16(11-29-12-17)15-5-6-20-18(10-15)26(35-34-20)27-32-21-14-30-13-19(25(21)33-27)22-7-8-23(28)37-22;27-22-6-5-21(36-22)18-11-29-12-20-23(18)32-25(31-20)24-17-8-14(3-4-19(17)33-34-24)15-7-16(10-28-9-15)30-26(35)13-1-2-13/h5-15H,1-4H2,(H,32,37)(H,33,34)(H,35,36);4-14H,1-3H2,(H,31,36)(H,32,33)(H,34,35);5-14H,2-4H2,1H3,(H,31,36)(H,32,33)(H,34,35);3-13H,1-2H2,(H,30,35)(H,31,32)(H,33,34). The van der Waals surface area contributed by atoms with Gasteiger partial charge in [0.15, 0.2) is 43.8 Å². The Bertz CT molecular complexity index is 9250. The minimum Gasteiger partial charge on any atom is -0.335 e. The molecule has 0 bridgehead atoms. The third-order valence-corrected chi connectivity index (χ3v) is 30.0. The van der Waals surface area contributed by atoms with Crippen molar-refractivity contribution < 1.29 is 36.7 Å². The van der Waals surface area contributed by atoms with E-state index in [0.29, 0.717) is 97.3 Å². The lowest BCUT2D eigenvalue weighted by molar-refractivity contribution is -0.122. The lowest BCUT2D eigenvalue weighted by atomic mass is 9.85. The van der Waals surface area contributed by atoms with Crippen LogP contribution in [0.3, 0.4) is 0 Å². The minimum absolute atomic E-state index is 0.0163. The van der Waals surface area contributed by atoms with Crippen LogP contribution in [0.5, 0.6) is 0 Å². The molecular formula is C108H82F4N28O4S4. The molecule has 4 aromatic carbocycles. The summed E-state index contributed by atoms with van der Waals surface area (Å²) in [6, 6.07) is 44.3. The number of carbonyl (C=O) groups excluding carboxylic acids is 4. The Morgan fingerprint density at radius 3 is 0.824 bits per heavy atom. The predicted octanol–water partition coefficient (Wildman–Crippen LogP) is 25.1. The maximum absolute atomic E-state index is 13.7. The minimum atomic E-state index is -0.257. The number of unbranched alkanes of at least 4 members (excludes halogenated alkanes) is 1. The first-order valence-corrected chi connectivity index (χ1v) is 51.1. The van der Waals surface area contributed by atoms with Crippen LogP contribution in [0, 0.1) is 38.3 Å². The summed E-state index contributed by atoms with van der Waals surface area (Å²) >= 11 is 4.24. The van der Waals surface area contributed by atoms with Crippen LogP contribution >= 0.6 is 45.3 Å². The predicted molar refractivity (Wildman–Crippen MR) is 568 cm³/mol. The molecule has 20 aromatic heterocycles. The number of halogens is 4. The highest BCUT2D eigenvalue weighted by molar-refractivity contribution is 7.15. The van der Waals surface area contributed by atoms with Crippen LogP contribution < -0.4 is 21.3 Å². The molecule has 24 aromatic rings. The Kier molecular flexibility index (Phi) is 24.9. The summed E-state index contributed by atoms with van der Waals surface area (Å²) < 4.78 is 54.7. The molecule has 0 saturated heterocycles. The zero-order valence-electron chi connectivity index (χ0n) is 78.2. The first-order chi connectivity index (χ1) is 72.4. The maximum atomic E-state index is 13.7. The van der Waals surface area contributed by atoms with Crippen molar-refractivity contribution in [1.29, 1.82) is 0 Å². The highest BCUT2D eigenvalue weighted by Gasteiger charge is 2.32. The Hall–Kier alpha value is -17.8. The molecule has 0 spiro atoms. The molecule has 3 fully saturated rings. The van der Waals surface area contributed by atoms with E-state index in [1.165, 1.54) is 24.3 Å². The molecule has 0 radical (unpaired) electrons. The van der Waals surface area contributed by atoms with E-state index in [-0.39, 0.29) is 61.9 Å². The first kappa shape index (κ1) is 92.6. The van der Waals surface area contributed by atoms with Crippen molar-refractivity contribution in [3.63, 3.8) is 0 Å². The molecule has 3 aliphatic carbocycles. The highest BCUT2D eigenvalue weighted by Crippen LogP contribution is 2.44. The quantitative estimate of drug-likeness (QED) is 0.0280. The smallest absolute Gasteiger partial charge is 0.227 e. The average molecular weight is 2040 g/mol. The summed E-state index contributed by atoms with van der Waals surface area (Å²) in [7, 11) is 0. The summed E-state index contributed by atoms with van der Waals surface area (Å²) in [4.78, 5) is 119. The number of nitrogens with one attached hydrogen (secondary N) is 12. The van der Waals surface area contributed by atoms with E-state index in [2.05, 4.69) is 129 Å². The monoisotopic (exact) mass is 2040 g/mol. The summed E-state index contributed by atoms with van der Waals surface area (Å²) in [6.45, 7) is 2.06. The van der Waals surface area contributed by atoms with Gasteiger partial charge in [0.25, 0.3) is 0 Å². The number of thiophene rings is 4. The van der Waals surface area contributed by atoms with Gasteiger partial charge in [-0.25, -0.2) is 19.9 Å². The van der Waals surface area contributed by atoms with Gasteiger partial charge in [-0.1, -0.05) is 56.9 Å². The topological polar surface area (TPSA) is 449 Å². The van der Waals surface area contributed by atoms with Crippen molar-refractivity contribution in [2.75, 3.05) is 21.3 Å². The molecule has 730 valence electrons. The fraction of sp³-hybridized carbons (Fsp3) is 0.148. The van der Waals surface area contributed by atoms with Crippen molar-refractivity contribution in [2.24, 2.45) is 17.8 Å². The number of amides is 4. The van der Waals surface area contributed by atoms with E-state index in [4.69, 9.17) is 19.9 Å². The number of carbonyl (C=O) groups is 4. The Balaban J connectivity index is 0.000000105. The molecule has 0 aliphatic heterocycles. The van der Waals surface area contributed by atoms with Gasteiger partial charge in [0.1, 0.15) is 44.8 Å². The zero-order chi connectivity index (χ0) is 100. The van der Waals surface area contributed by atoms with E-state index < -0.39 is 0 Å². The van der Waals surface area contributed by atoms with Gasteiger partial charge in [0.2, 0.25) is 23.6 Å². The molecule has 32 nitrogen and oxygen atoms in total. The number of aromatic nitrogens is 24. The number of hydrogen-bond acceptors (Lipinski definition) is 24. The number of anilines is 4. The molecule has 27 rings (SSSR count). The van der Waals surface area contributed by atoms with E-state index in [0.717, 1.165) is 268 Å². The number of benzene rings is 4. The van der Waals surface area contributed by atoms with E-state index in [1.807, 2.05) is 97.1 Å². The van der Waals surface area contributed by atoms with Crippen molar-refractivity contribution in [3.05, 3.63) is 265 Å². The molecule has 12 N–H and O–H groups in total. The molecule has 3 aliphatic rings. The van der Waals surface area contributed by atoms with Gasteiger partial charge in [-0.15, -0.1) is 45.3 Å². The summed E-state index contributed by atoms with van der Waals surface area (Å²) in [6.07, 6.45) is 38.7. The first-order valence-electron chi connectivity index (χ1n) is 47.8. The lowest BCUT2D eigenvalue weighted by Crippen LogP contribution is -2.28. The van der Waals surface area contributed by atoms with Gasteiger partial charge in [0, 0.05) is 159 Å². The van der Waals surface area contributed by atoms with Gasteiger partial charge < -0.3 is 41.2 Å². The number of rotatable bonds is 22. The number of H-pyrrole nitrogens is 8. The van der Waals surface area contributed by atoms with Gasteiger partial charge in [-0.05, 0) is 189 Å². The normalized spacial score (nSPS) is 13.2. The van der Waals surface area contributed by atoms with Crippen molar-refractivity contribution in [1.82, 2.24) is 121 Å². The van der Waals surface area contributed by atoms with Crippen LogP contribution in [0.25, 0.3) is 220 Å². The molecule has 148 heavy (non-hydrogen) atoms. The van der Waals surface area contributed by atoms with E-state index in [1.54, 1.807) is 123 Å². The zero-order valence-corrected chi connectivity index (χ0v) is 81.5. The maximum Gasteiger partial charge on any atom is 0.227 e. The number of hydrogen-bond donors (Lipinski definition) is 12. The van der Waals surface area contributed by atoms with Crippen LogP contribution in [0.15, 0.2) is 245 Å². The Labute approximate surface area is 851 Å². The third kappa shape index (κ3) is 19.0. The van der Waals surface area contributed by atoms with Crippen LogP contribution in [0.4, 0.5) is 40.3 Å². The molecule has 40 heteroatoms. The van der Waals surface area contributed by atoms with Crippen LogP contribution in [0.1, 0.15) is 84.0 Å². The number of aromatic amines is 8. The van der Waals surface area contributed by atoms with Crippen molar-refractivity contribution in [2.45, 2.75) is 84.0 Å². The third-order valence-electron chi connectivity index (χ3n) is 26.4. The average Bonchev–Trinajstić information content (AvgIpc) is 1.62. The summed E-state index contributed by atoms with van der Waals surface area (Å²) in [5, 5.41) is 44.8. The largest absolute Gasteiger partial charge is 0.335 e. The van der Waals surface area contributed by atoms with Crippen LogP contribution in [-0.4, -0.2) is 144 Å². The molecule has 20 heterocycles. The molecular weight excluding hydrogens is 1960 g/mol. The van der Waals surface area contributed by atoms with Crippen molar-refractivity contribution >= 4 is 179 Å². The van der Waals surface area contributed by atoms with Gasteiger partial charge in [-0.2, -0.15) is 38.0 Å². The number of pyridine rings is 8. The van der Waals surface area contributed by atoms with Gasteiger partial charge in [-0.3, -0.25) is 79.4 Å². The molecule has 0 unspecified atom stereocenters. The second-order valence-electron chi connectivity index (χ2n) is 36.3. The number of fused-ring (bicyclic) bond motifs is 8. The summed E-state index contributed by atoms with van der Waals surface area (Å²) in [5.41, 5.74) is 24.9. The van der Waals surface area contributed by atoms with E-state index >= 15 is 0 Å². The van der Waals surface area contributed by atoms with Crippen LogP contribution in [-0.2, 0) is 19.2 Å². The van der Waals surface area contributed by atoms with E-state index in [9.17, 15) is 36.7 Å². The second kappa shape index (κ2) is 39.7. The highest BCUT2D eigenvalue weighted by atomic mass is 32.1. The van der Waals surface area contributed by atoms with Gasteiger partial charge in [0.05, 0.1) is 116 Å². The Morgan fingerprint density at radius 1 is 0.297 bits per heavy atom. The SMILES string of the molecule is CCCCC(=O)Nc1cncc(-c2ccc3[nH]nc(-c4nc5c(-c6ccc(F)s6)cncc5[nH]4)c3c2)c1.O=C(Nc1cncc(-c2ccc3[nH]nc(-c4nc5c(-c6ccc(F)s6)cncc5[nH]4)c3c2)c1)C1CC1.O=C(Nc1cncc(-c2ccc3[nH]nc(-c4nc5c(-c6ccc(F)s6)cncc5[nH]4)c3c2)c1)C1CCC1.O=C(Nc1cncc(-c2ccc3[nH]nc(-c4nc5c(-c6ccc(F)s6)cncc5[nH]4)c3c2)c1)C1CCCC1.